The molecule has 1 saturated heterocycles. The molecule has 628 valence electrons. The Morgan fingerprint density at radius 2 is 0.957 bits per heavy atom. The maximum atomic E-state index is 15.1. The van der Waals surface area contributed by atoms with E-state index in [2.05, 4.69) is 86.0 Å². The van der Waals surface area contributed by atoms with E-state index in [0.717, 1.165) is 46.0 Å². The van der Waals surface area contributed by atoms with E-state index in [1.54, 1.807) is 54.7 Å². The highest BCUT2D eigenvalue weighted by Gasteiger charge is 2.39. The van der Waals surface area contributed by atoms with Gasteiger partial charge < -0.3 is 121 Å². The zero-order valence-corrected chi connectivity index (χ0v) is 63.6. The quantitative estimate of drug-likeness (QED) is 0.0192. The molecule has 0 bridgehead atoms. The van der Waals surface area contributed by atoms with Gasteiger partial charge in [-0.2, -0.15) is 0 Å². The van der Waals surface area contributed by atoms with Crippen LogP contribution in [0.25, 0.3) is 21.8 Å². The van der Waals surface area contributed by atoms with E-state index >= 15 is 4.79 Å². The number of aromatic amines is 2. The van der Waals surface area contributed by atoms with Crippen molar-refractivity contribution in [1.82, 2.24) is 84.4 Å². The van der Waals surface area contributed by atoms with Crippen LogP contribution in [0.3, 0.4) is 0 Å². The molecule has 0 radical (unpaired) electrons. The Morgan fingerprint density at radius 1 is 0.470 bits per heavy atom. The number of unbranched alkanes of at least 4 members (excludes halogenated alkanes) is 7. The summed E-state index contributed by atoms with van der Waals surface area (Å²) in [4.78, 5) is 266. The number of hydrogen-bond acceptors (Lipinski definition) is 21. The van der Waals surface area contributed by atoms with Gasteiger partial charge in [-0.25, -0.2) is 0 Å². The van der Waals surface area contributed by atoms with Gasteiger partial charge in [0.2, 0.25) is 88.6 Å². The maximum Gasteiger partial charge on any atom is 0.305 e. The van der Waals surface area contributed by atoms with Crippen LogP contribution in [0.1, 0.15) is 141 Å². The average Bonchev–Trinajstić information content (AvgIpc) is 1.72. The molecule has 5 rings (SSSR count). The van der Waals surface area contributed by atoms with Crippen LogP contribution in [0, 0.1) is 0 Å². The van der Waals surface area contributed by atoms with Crippen LogP contribution in [0.15, 0.2) is 60.9 Å². The summed E-state index contributed by atoms with van der Waals surface area (Å²) in [7, 11) is 0. The highest BCUT2D eigenvalue weighted by atomic mass is 16.4. The van der Waals surface area contributed by atoms with E-state index in [1.165, 1.54) is 6.20 Å². The van der Waals surface area contributed by atoms with Gasteiger partial charge in [-0.05, 0) is 75.8 Å². The number of para-hydroxylation sites is 2. The van der Waals surface area contributed by atoms with Crippen LogP contribution in [0.4, 0.5) is 0 Å². The van der Waals surface area contributed by atoms with Crippen molar-refractivity contribution in [2.24, 2.45) is 11.5 Å². The number of carboxylic acid groups (broad SMARTS) is 4. The third-order valence-electron chi connectivity index (χ3n) is 18.3. The highest BCUT2D eigenvalue weighted by Crippen LogP contribution is 2.22. The predicted octanol–water partition coefficient (Wildman–Crippen LogP) is -5.04. The highest BCUT2D eigenvalue weighted by molar-refractivity contribution is 6.02. The lowest BCUT2D eigenvalue weighted by atomic mass is 10.0. The van der Waals surface area contributed by atoms with Crippen molar-refractivity contribution in [1.29, 1.82) is 0 Å². The lowest BCUT2D eigenvalue weighted by molar-refractivity contribution is -0.142. The van der Waals surface area contributed by atoms with Gasteiger partial charge in [-0.15, -0.1) is 0 Å². The van der Waals surface area contributed by atoms with Crippen molar-refractivity contribution in [2.75, 3.05) is 26.2 Å². The van der Waals surface area contributed by atoms with Crippen molar-refractivity contribution in [3.8, 4) is 0 Å². The van der Waals surface area contributed by atoms with Gasteiger partial charge in [-0.1, -0.05) is 81.8 Å². The Labute approximate surface area is 657 Å². The fourth-order valence-corrected chi connectivity index (χ4v) is 12.2. The number of aromatic nitrogens is 2. The number of fused-ring (bicyclic) bond motifs is 2. The number of benzene rings is 2. The summed E-state index contributed by atoms with van der Waals surface area (Å²) in [6.07, 6.45) is 2.10. The van der Waals surface area contributed by atoms with E-state index in [1.807, 2.05) is 5.32 Å². The molecule has 0 spiro atoms. The van der Waals surface area contributed by atoms with Crippen LogP contribution < -0.4 is 85.9 Å². The zero-order valence-electron chi connectivity index (χ0n) is 63.6. The Morgan fingerprint density at radius 3 is 1.53 bits per heavy atom. The van der Waals surface area contributed by atoms with Crippen molar-refractivity contribution in [2.45, 2.75) is 215 Å². The SMILES string of the molecule is CCCCCCCCCC(=O)N[C@@H](Cc1c[nH]c2ccccc12)C(=O)N[C@@H](CC(N)=O)C(=O)N[C@@H](CC(=O)O)C(=O)N[C@@H]1C(=O)NCC(=O)N[C@@H](CCCCN)C(=O)N[C@@H](CC(=O)O)C(=O)N[C@H](C)C(=O)N[C@@H](CC(=O)O)C(=O)NCC(=O)N[C@H](CO)C(=O)N[C@@H](CCC(=O)O)C(=O)N[C@@H](Cc2c[nH]c3ccccc23)C(=O)N[C@@H]1C. The fraction of sp³-hybridized carbons (Fsp3) is 0.521. The molecule has 0 unspecified atom stereocenters. The van der Waals surface area contributed by atoms with E-state index in [4.69, 9.17) is 11.5 Å². The third-order valence-corrected chi connectivity index (χ3v) is 18.3. The molecule has 0 saturated carbocycles. The normalized spacial score (nSPS) is 21.0. The number of hydrogen-bond donors (Lipinski definition) is 23. The summed E-state index contributed by atoms with van der Waals surface area (Å²) in [6.45, 7) is 0.672. The monoisotopic (exact) mass is 1610 g/mol. The van der Waals surface area contributed by atoms with Gasteiger partial charge in [0.25, 0.3) is 0 Å². The van der Waals surface area contributed by atoms with Gasteiger partial charge in [0.15, 0.2) is 0 Å². The molecule has 12 atom stereocenters. The second kappa shape index (κ2) is 47.0. The van der Waals surface area contributed by atoms with Crippen LogP contribution in [0.5, 0.6) is 0 Å². The number of primary amides is 1. The van der Waals surface area contributed by atoms with Crippen LogP contribution in [-0.2, 0) is 104 Å². The largest absolute Gasteiger partial charge is 0.481 e. The molecule has 25 N–H and O–H groups in total. The number of carbonyl (C=O) groups is 19. The molecule has 1 fully saturated rings. The Hall–Kier alpha value is -12.6. The summed E-state index contributed by atoms with van der Waals surface area (Å²) >= 11 is 0. The summed E-state index contributed by atoms with van der Waals surface area (Å²) in [5, 5.41) is 82.6. The smallest absolute Gasteiger partial charge is 0.305 e. The average molecular weight is 1620 g/mol. The molecule has 0 aliphatic carbocycles. The molecule has 4 aromatic rings. The predicted molar refractivity (Wildman–Crippen MR) is 405 cm³/mol. The number of aliphatic hydroxyl groups excluding tert-OH is 1. The van der Waals surface area contributed by atoms with E-state index in [9.17, 15) is 112 Å². The van der Waals surface area contributed by atoms with Gasteiger partial charge in [0.1, 0.15) is 66.5 Å². The number of carbonyl (C=O) groups excluding carboxylic acids is 15. The number of aliphatic carboxylic acids is 4. The lowest BCUT2D eigenvalue weighted by Gasteiger charge is -2.30. The number of amides is 15. The third kappa shape index (κ3) is 31.5. The summed E-state index contributed by atoms with van der Waals surface area (Å²) in [5.41, 5.74) is 13.3. The standard InChI is InChI=1S/C73H102N18O24/c1-4-5-6-7-8-9-10-22-55(94)83-47(26-39-32-76-43-19-13-11-17-41(39)43)69(111)88-49(28-54(75)93)70(112)90-52(31-61(103)104)71(113)91-62-37(2)80-67(109)48(27-40-33-77-44-20-14-12-18-42(40)44)87-66(108)46(23-24-58(97)98)85-72(114)53(36-92)84-57(96)34-78-64(106)50(29-59(99)100)86-63(105)38(3)81-68(110)51(30-60(101)102)89-65(107)45(21-15-16-25-74)82-56(95)35-79-73(62)115/h11-14,17-20,32-33,37-38,45-53,62,76-77,92H,4-10,15-16,21-31,34-36,74H2,1-3H3,(H2,75,93)(H,78,106)(H,79,115)(H,80,109)(H,81,110)(H,82,95)(H,83,94)(H,84,96)(H,85,114)(H,86,105)(H,87,108)(H,88,111)(H,89,107)(H,90,112)(H,91,113)(H,97,98)(H,99,100)(H,101,102)(H,103,104)/t37-,38-,45+,46+,47+,48+,49+,50+,51+,52+,53-,62+/m1/s1. The minimum Gasteiger partial charge on any atom is -0.481 e. The van der Waals surface area contributed by atoms with Crippen LogP contribution >= 0.6 is 0 Å². The molecular weight excluding hydrogens is 1510 g/mol. The minimum atomic E-state index is -2.30. The Kier molecular flexibility index (Phi) is 38.0. The Bertz CT molecular complexity index is 4170. The van der Waals surface area contributed by atoms with Gasteiger partial charge in [0, 0.05) is 59.9 Å². The first kappa shape index (κ1) is 93.0. The summed E-state index contributed by atoms with van der Waals surface area (Å²) in [6, 6.07) is -9.71. The number of aliphatic hydroxyl groups is 1. The lowest BCUT2D eigenvalue weighted by Crippen LogP contribution is -2.64. The minimum absolute atomic E-state index is 0.00228. The van der Waals surface area contributed by atoms with Crippen LogP contribution in [-0.4, -0.2) is 247 Å². The first-order valence-corrected chi connectivity index (χ1v) is 37.3. The molecule has 1 aliphatic rings. The van der Waals surface area contributed by atoms with Crippen molar-refractivity contribution in [3.05, 3.63) is 72.1 Å². The topological polar surface area (TPSA) is 678 Å². The number of H-pyrrole nitrogens is 2. The van der Waals surface area contributed by atoms with Crippen molar-refractivity contribution in [3.63, 3.8) is 0 Å². The molecule has 1 aliphatic heterocycles. The molecule has 42 nitrogen and oxygen atoms in total. The number of nitrogens with two attached hydrogens (primary N) is 2. The molecule has 42 heteroatoms. The van der Waals surface area contributed by atoms with E-state index < -0.39 is 250 Å². The van der Waals surface area contributed by atoms with Crippen molar-refractivity contribution < 1.29 is 117 Å². The van der Waals surface area contributed by atoms with Crippen molar-refractivity contribution >= 4 is 134 Å². The van der Waals surface area contributed by atoms with E-state index in [0.29, 0.717) is 45.8 Å². The van der Waals surface area contributed by atoms with E-state index in [-0.39, 0.29) is 38.6 Å². The number of nitrogens with one attached hydrogen (secondary N) is 16. The number of carboxylic acids is 4. The second-order valence-electron chi connectivity index (χ2n) is 27.5. The van der Waals surface area contributed by atoms with Gasteiger partial charge >= 0.3 is 23.9 Å². The molecule has 3 heterocycles. The molecule has 2 aromatic carbocycles. The molecular formula is C73H102N18O24. The summed E-state index contributed by atoms with van der Waals surface area (Å²) in [5.74, 6) is -25.5. The zero-order chi connectivity index (χ0) is 85.0. The summed E-state index contributed by atoms with van der Waals surface area (Å²) < 4.78 is 0. The van der Waals surface area contributed by atoms with Gasteiger partial charge in [0.05, 0.1) is 51.4 Å². The van der Waals surface area contributed by atoms with Crippen LogP contribution in [0.2, 0.25) is 0 Å². The first-order chi connectivity index (χ1) is 54.6. The second-order valence-corrected chi connectivity index (χ2v) is 27.5. The molecule has 15 amide bonds. The Balaban J connectivity index is 1.59. The number of rotatable bonds is 35. The first-order valence-electron chi connectivity index (χ1n) is 37.3. The molecule has 115 heavy (non-hydrogen) atoms. The fourth-order valence-electron chi connectivity index (χ4n) is 12.2. The molecule has 2 aromatic heterocycles. The maximum absolute atomic E-state index is 15.1. The van der Waals surface area contributed by atoms with Gasteiger partial charge in [-0.3, -0.25) is 91.1 Å².